The van der Waals surface area contributed by atoms with Crippen molar-refractivity contribution < 1.29 is 13.9 Å². The van der Waals surface area contributed by atoms with Gasteiger partial charge in [-0.2, -0.15) is 0 Å². The molecule has 94 valence electrons. The molecule has 0 unspecified atom stereocenters. The Hall–Kier alpha value is -1.81. The predicted octanol–water partition coefficient (Wildman–Crippen LogP) is 3.10. The van der Waals surface area contributed by atoms with Crippen LogP contribution in [0.25, 0.3) is 11.5 Å². The molecule has 1 heterocycles. The van der Waals surface area contributed by atoms with Crippen molar-refractivity contribution in [2.45, 2.75) is 13.3 Å². The first-order valence-corrected chi connectivity index (χ1v) is 5.93. The summed E-state index contributed by atoms with van der Waals surface area (Å²) in [6.07, 6.45) is 1.58. The molecule has 1 aromatic heterocycles. The van der Waals surface area contributed by atoms with Crippen molar-refractivity contribution in [3.8, 4) is 11.5 Å². The number of hydrogen-bond donors (Lipinski definition) is 0. The zero-order valence-corrected chi connectivity index (χ0v) is 10.6. The van der Waals surface area contributed by atoms with Crippen molar-refractivity contribution in [3.05, 3.63) is 41.2 Å². The van der Waals surface area contributed by atoms with Gasteiger partial charge in [-0.1, -0.05) is 11.6 Å². The molecule has 0 radical (unpaired) electrons. The number of oxazole rings is 1. The summed E-state index contributed by atoms with van der Waals surface area (Å²) in [5.41, 5.74) is 1.37. The Balaban J connectivity index is 2.10. The second-order valence-electron chi connectivity index (χ2n) is 3.63. The summed E-state index contributed by atoms with van der Waals surface area (Å²) in [6.45, 7) is 2.13. The molecule has 0 aliphatic rings. The zero-order chi connectivity index (χ0) is 13.0. The van der Waals surface area contributed by atoms with Crippen LogP contribution in [0.1, 0.15) is 12.6 Å². The topological polar surface area (TPSA) is 52.3 Å². The van der Waals surface area contributed by atoms with Crippen LogP contribution in [0.4, 0.5) is 0 Å². The number of rotatable bonds is 4. The number of esters is 1. The van der Waals surface area contributed by atoms with E-state index in [0.717, 1.165) is 5.56 Å². The van der Waals surface area contributed by atoms with Gasteiger partial charge in [0.2, 0.25) is 5.89 Å². The minimum atomic E-state index is -0.312. The number of halogens is 1. The summed E-state index contributed by atoms with van der Waals surface area (Å²) >= 11 is 5.80. The molecule has 0 amide bonds. The Morgan fingerprint density at radius 1 is 1.39 bits per heavy atom. The van der Waals surface area contributed by atoms with Gasteiger partial charge in [0.25, 0.3) is 0 Å². The summed E-state index contributed by atoms with van der Waals surface area (Å²) in [5.74, 6) is 0.152. The summed E-state index contributed by atoms with van der Waals surface area (Å²) < 4.78 is 10.1. The van der Waals surface area contributed by atoms with Crippen LogP contribution in [0.2, 0.25) is 5.02 Å². The van der Waals surface area contributed by atoms with Crippen LogP contribution >= 0.6 is 11.6 Å². The van der Waals surface area contributed by atoms with Crippen LogP contribution < -0.4 is 0 Å². The minimum Gasteiger partial charge on any atom is -0.466 e. The number of aromatic nitrogens is 1. The molecule has 18 heavy (non-hydrogen) atoms. The van der Waals surface area contributed by atoms with Crippen molar-refractivity contribution in [2.24, 2.45) is 0 Å². The van der Waals surface area contributed by atoms with Crippen molar-refractivity contribution in [1.29, 1.82) is 0 Å². The largest absolute Gasteiger partial charge is 0.466 e. The zero-order valence-electron chi connectivity index (χ0n) is 9.85. The van der Waals surface area contributed by atoms with Crippen LogP contribution in [-0.2, 0) is 16.0 Å². The molecule has 2 aromatic rings. The number of carbonyl (C=O) groups excluding carboxylic acids is 1. The molecular formula is C13H12ClNO3. The second kappa shape index (κ2) is 5.69. The third-order valence-corrected chi connectivity index (χ3v) is 2.53. The van der Waals surface area contributed by atoms with E-state index in [9.17, 15) is 4.79 Å². The van der Waals surface area contributed by atoms with Gasteiger partial charge >= 0.3 is 5.97 Å². The molecule has 0 atom stereocenters. The van der Waals surface area contributed by atoms with Gasteiger partial charge in [0.15, 0.2) is 0 Å². The molecular weight excluding hydrogens is 254 g/mol. The highest BCUT2D eigenvalue weighted by Crippen LogP contribution is 2.21. The Kier molecular flexibility index (Phi) is 3.99. The SMILES string of the molecule is CCOC(=O)Cc1coc(-c2ccc(Cl)cc2)n1. The predicted molar refractivity (Wildman–Crippen MR) is 67.3 cm³/mol. The average Bonchev–Trinajstić information content (AvgIpc) is 2.78. The third kappa shape index (κ3) is 3.11. The van der Waals surface area contributed by atoms with Gasteiger partial charge in [-0.3, -0.25) is 4.79 Å². The summed E-state index contributed by atoms with van der Waals surface area (Å²) in [6, 6.07) is 7.13. The Labute approximate surface area is 110 Å². The molecule has 0 fully saturated rings. The van der Waals surface area contributed by atoms with E-state index in [0.29, 0.717) is 23.2 Å². The molecule has 0 saturated carbocycles. The van der Waals surface area contributed by atoms with Crippen LogP contribution in [0.3, 0.4) is 0 Å². The molecule has 4 nitrogen and oxygen atoms in total. The maximum absolute atomic E-state index is 11.3. The average molecular weight is 266 g/mol. The summed E-state index contributed by atoms with van der Waals surface area (Å²) in [5, 5.41) is 0.650. The normalized spacial score (nSPS) is 10.3. The first-order valence-electron chi connectivity index (χ1n) is 5.55. The number of carbonyl (C=O) groups is 1. The van der Waals surface area contributed by atoms with Crippen LogP contribution in [0, 0.1) is 0 Å². The highest BCUT2D eigenvalue weighted by molar-refractivity contribution is 6.30. The fourth-order valence-corrected chi connectivity index (χ4v) is 1.60. The summed E-state index contributed by atoms with van der Waals surface area (Å²) in [7, 11) is 0. The Bertz CT molecular complexity index is 533. The van der Waals surface area contributed by atoms with Gasteiger partial charge in [-0.15, -0.1) is 0 Å². The first kappa shape index (κ1) is 12.6. The smallest absolute Gasteiger partial charge is 0.311 e. The van der Waals surface area contributed by atoms with E-state index in [1.807, 2.05) is 12.1 Å². The lowest BCUT2D eigenvalue weighted by Gasteiger charge is -1.97. The molecule has 0 aliphatic heterocycles. The molecule has 0 bridgehead atoms. The molecule has 0 aliphatic carbocycles. The van der Waals surface area contributed by atoms with Gasteiger partial charge in [-0.05, 0) is 31.2 Å². The van der Waals surface area contributed by atoms with Gasteiger partial charge < -0.3 is 9.15 Å². The lowest BCUT2D eigenvalue weighted by molar-refractivity contribution is -0.142. The van der Waals surface area contributed by atoms with Crippen LogP contribution in [0.15, 0.2) is 34.9 Å². The molecule has 0 N–H and O–H groups in total. The van der Waals surface area contributed by atoms with Crippen molar-refractivity contribution >= 4 is 17.6 Å². The minimum absolute atomic E-state index is 0.116. The van der Waals surface area contributed by atoms with Crippen molar-refractivity contribution in [2.75, 3.05) is 6.61 Å². The van der Waals surface area contributed by atoms with E-state index in [1.165, 1.54) is 6.26 Å². The summed E-state index contributed by atoms with van der Waals surface area (Å²) in [4.78, 5) is 15.5. The quantitative estimate of drug-likeness (QED) is 0.797. The Morgan fingerprint density at radius 2 is 2.11 bits per heavy atom. The molecule has 2 rings (SSSR count). The molecule has 0 spiro atoms. The highest BCUT2D eigenvalue weighted by atomic mass is 35.5. The molecule has 0 saturated heterocycles. The van der Waals surface area contributed by atoms with Gasteiger partial charge in [0.1, 0.15) is 6.26 Å². The van der Waals surface area contributed by atoms with E-state index in [2.05, 4.69) is 4.98 Å². The Morgan fingerprint density at radius 3 is 2.78 bits per heavy atom. The van der Waals surface area contributed by atoms with Gasteiger partial charge in [-0.25, -0.2) is 4.98 Å². The number of nitrogens with zero attached hydrogens (tertiary/aromatic N) is 1. The van der Waals surface area contributed by atoms with E-state index in [1.54, 1.807) is 19.1 Å². The van der Waals surface area contributed by atoms with E-state index in [-0.39, 0.29) is 12.4 Å². The van der Waals surface area contributed by atoms with Crippen molar-refractivity contribution in [1.82, 2.24) is 4.98 Å². The van der Waals surface area contributed by atoms with Gasteiger partial charge in [0, 0.05) is 10.6 Å². The van der Waals surface area contributed by atoms with E-state index < -0.39 is 0 Å². The molecule has 1 aromatic carbocycles. The fourth-order valence-electron chi connectivity index (χ4n) is 1.47. The monoisotopic (exact) mass is 265 g/mol. The first-order chi connectivity index (χ1) is 8.69. The second-order valence-corrected chi connectivity index (χ2v) is 4.07. The van der Waals surface area contributed by atoms with Crippen LogP contribution in [-0.4, -0.2) is 17.6 Å². The lowest BCUT2D eigenvalue weighted by Crippen LogP contribution is -2.07. The maximum Gasteiger partial charge on any atom is 0.311 e. The maximum atomic E-state index is 11.3. The van der Waals surface area contributed by atoms with Gasteiger partial charge in [0.05, 0.1) is 18.7 Å². The highest BCUT2D eigenvalue weighted by Gasteiger charge is 2.10. The molecule has 5 heteroatoms. The fraction of sp³-hybridized carbons (Fsp3) is 0.231. The third-order valence-electron chi connectivity index (χ3n) is 2.27. The number of benzene rings is 1. The van der Waals surface area contributed by atoms with Crippen LogP contribution in [0.5, 0.6) is 0 Å². The standard InChI is InChI=1S/C13H12ClNO3/c1-2-17-12(16)7-11-8-18-13(15-11)9-3-5-10(14)6-4-9/h3-6,8H,2,7H2,1H3. The van der Waals surface area contributed by atoms with Crippen molar-refractivity contribution in [3.63, 3.8) is 0 Å². The number of hydrogen-bond acceptors (Lipinski definition) is 4. The van der Waals surface area contributed by atoms with E-state index >= 15 is 0 Å². The number of ether oxygens (including phenoxy) is 1. The lowest BCUT2D eigenvalue weighted by atomic mass is 10.2. The van der Waals surface area contributed by atoms with E-state index in [4.69, 9.17) is 20.8 Å².